The number of nitriles is 4. The average molecular weight is 601 g/mol. The number of pyridine rings is 1. The number of para-hydroxylation sites is 2. The van der Waals surface area contributed by atoms with Gasteiger partial charge in [0.15, 0.2) is 0 Å². The summed E-state index contributed by atoms with van der Waals surface area (Å²) in [5, 5.41) is 41.4. The molecule has 2 heterocycles. The lowest BCUT2D eigenvalue weighted by atomic mass is 9.93. The van der Waals surface area contributed by atoms with Crippen molar-refractivity contribution < 1.29 is 0 Å². The molecule has 47 heavy (non-hydrogen) atoms. The van der Waals surface area contributed by atoms with Gasteiger partial charge in [-0.15, -0.1) is 0 Å². The first-order valence-electron chi connectivity index (χ1n) is 15.0. The number of nitrogens with zero attached hydrogens (tertiary/aromatic N) is 6. The second kappa shape index (κ2) is 11.8. The Bertz CT molecular complexity index is 2500. The summed E-state index contributed by atoms with van der Waals surface area (Å²) in [6.07, 6.45) is 9.89. The van der Waals surface area contributed by atoms with E-state index in [9.17, 15) is 21.0 Å². The van der Waals surface area contributed by atoms with Crippen LogP contribution in [0.1, 0.15) is 34.2 Å². The molecule has 1 aliphatic rings. The molecule has 0 saturated carbocycles. The third-order valence-electron chi connectivity index (χ3n) is 8.49. The molecular formula is C41H24N6. The first kappa shape index (κ1) is 28.8. The van der Waals surface area contributed by atoms with Crippen LogP contribution in [0.5, 0.6) is 0 Å². The summed E-state index contributed by atoms with van der Waals surface area (Å²) >= 11 is 0. The lowest BCUT2D eigenvalue weighted by Crippen LogP contribution is -2.06. The van der Waals surface area contributed by atoms with Crippen molar-refractivity contribution in [2.24, 2.45) is 0 Å². The van der Waals surface area contributed by atoms with E-state index in [1.807, 2.05) is 61.5 Å². The van der Waals surface area contributed by atoms with Gasteiger partial charge in [-0.05, 0) is 95.3 Å². The lowest BCUT2D eigenvalue weighted by Gasteiger charge is -2.22. The molecule has 0 N–H and O–H groups in total. The fourth-order valence-electron chi connectivity index (χ4n) is 6.53. The van der Waals surface area contributed by atoms with Crippen molar-refractivity contribution in [1.29, 1.82) is 21.0 Å². The van der Waals surface area contributed by atoms with Crippen molar-refractivity contribution >= 4 is 33.1 Å². The van der Waals surface area contributed by atoms with E-state index in [2.05, 4.69) is 70.2 Å². The van der Waals surface area contributed by atoms with Crippen LogP contribution < -0.4 is 0 Å². The van der Waals surface area contributed by atoms with Gasteiger partial charge in [-0.1, -0.05) is 48.5 Å². The topological polar surface area (TPSA) is 113 Å². The summed E-state index contributed by atoms with van der Waals surface area (Å²) in [5.41, 5.74) is 11.3. The number of aromatic nitrogens is 2. The molecule has 6 nitrogen and oxygen atoms in total. The van der Waals surface area contributed by atoms with Crippen LogP contribution in [0.15, 0.2) is 121 Å². The Morgan fingerprint density at radius 2 is 1.26 bits per heavy atom. The first-order chi connectivity index (χ1) is 23.0. The first-order valence-corrected chi connectivity index (χ1v) is 15.0. The van der Waals surface area contributed by atoms with E-state index in [1.165, 1.54) is 0 Å². The number of allylic oxidation sites excluding steroid dienone is 6. The molecule has 1 aliphatic carbocycles. The van der Waals surface area contributed by atoms with E-state index in [4.69, 9.17) is 0 Å². The van der Waals surface area contributed by atoms with E-state index in [1.54, 1.807) is 24.5 Å². The minimum atomic E-state index is 0.396. The Balaban J connectivity index is 1.67. The SMILES string of the molecule is Cc1cc(C#N)cc(-c2cccc3c4cccc(-c5cc(C#N)cc(C#N)c5)c4n(C4=CC(c5ccncc5)=CC/C4=C/C#N)c23)c1. The molecule has 0 spiro atoms. The van der Waals surface area contributed by atoms with Crippen LogP contribution in [-0.4, -0.2) is 9.55 Å². The number of hydrogen-bond acceptors (Lipinski definition) is 5. The third kappa shape index (κ3) is 5.04. The van der Waals surface area contributed by atoms with E-state index in [0.29, 0.717) is 23.1 Å². The van der Waals surface area contributed by atoms with Gasteiger partial charge in [0.05, 0.1) is 57.7 Å². The standard InChI is InChI=1S/C41H24N6/c1-26-16-27(23-43)19-33(17-26)35-4-2-6-37-38-7-3-5-36(34-20-28(24-44)18-29(21-34)25-45)41(38)47(40(35)37)39-22-32(9-8-31(39)10-13-42)30-11-14-46-15-12-30/h2-7,9-12,14-22H,8H2,1H3/b31-10-. The normalized spacial score (nSPS) is 13.3. The molecule has 4 aromatic carbocycles. The van der Waals surface area contributed by atoms with Crippen molar-refractivity contribution in [3.63, 3.8) is 0 Å². The van der Waals surface area contributed by atoms with Gasteiger partial charge in [-0.25, -0.2) is 0 Å². The Morgan fingerprint density at radius 1 is 0.681 bits per heavy atom. The molecule has 0 saturated heterocycles. The van der Waals surface area contributed by atoms with Gasteiger partial charge in [-0.3, -0.25) is 4.98 Å². The highest BCUT2D eigenvalue weighted by Gasteiger charge is 2.24. The maximum Gasteiger partial charge on any atom is 0.0992 e. The molecule has 0 atom stereocenters. The second-order valence-corrected chi connectivity index (χ2v) is 11.4. The Morgan fingerprint density at radius 3 is 1.83 bits per heavy atom. The van der Waals surface area contributed by atoms with E-state index >= 15 is 0 Å². The van der Waals surface area contributed by atoms with Crippen LogP contribution >= 0.6 is 0 Å². The molecule has 0 bridgehead atoms. The molecule has 2 aromatic heterocycles. The molecular weight excluding hydrogens is 576 g/mol. The second-order valence-electron chi connectivity index (χ2n) is 11.4. The van der Waals surface area contributed by atoms with Gasteiger partial charge in [0, 0.05) is 40.4 Å². The Labute approximate surface area is 271 Å². The summed E-state index contributed by atoms with van der Waals surface area (Å²) in [7, 11) is 0. The lowest BCUT2D eigenvalue weighted by molar-refractivity contribution is 1.14. The van der Waals surface area contributed by atoms with Crippen LogP contribution in [0.4, 0.5) is 0 Å². The van der Waals surface area contributed by atoms with Crippen molar-refractivity contribution in [1.82, 2.24) is 9.55 Å². The van der Waals surface area contributed by atoms with Gasteiger partial charge in [-0.2, -0.15) is 21.0 Å². The van der Waals surface area contributed by atoms with Crippen molar-refractivity contribution in [2.45, 2.75) is 13.3 Å². The van der Waals surface area contributed by atoms with Crippen molar-refractivity contribution in [2.75, 3.05) is 0 Å². The molecule has 218 valence electrons. The number of benzene rings is 4. The van der Waals surface area contributed by atoms with Crippen molar-refractivity contribution in [3.05, 3.63) is 149 Å². The molecule has 0 amide bonds. The molecule has 6 aromatic rings. The van der Waals surface area contributed by atoms with Crippen molar-refractivity contribution in [3.8, 4) is 46.5 Å². The predicted octanol–water partition coefficient (Wildman–Crippen LogP) is 9.23. The molecule has 0 aliphatic heterocycles. The maximum atomic E-state index is 9.93. The van der Waals surface area contributed by atoms with E-state index < -0.39 is 0 Å². The highest BCUT2D eigenvalue weighted by Crippen LogP contribution is 2.45. The summed E-state index contributed by atoms with van der Waals surface area (Å²) in [6, 6.07) is 36.2. The zero-order chi connectivity index (χ0) is 32.5. The molecule has 7 rings (SSSR count). The maximum absolute atomic E-state index is 9.93. The summed E-state index contributed by atoms with van der Waals surface area (Å²) in [5.74, 6) is 0. The van der Waals surface area contributed by atoms with Gasteiger partial charge in [0.25, 0.3) is 0 Å². The largest absolute Gasteiger partial charge is 0.308 e. The quantitative estimate of drug-likeness (QED) is 0.187. The van der Waals surface area contributed by atoms with Crippen LogP contribution in [0, 0.1) is 52.2 Å². The van der Waals surface area contributed by atoms with Crippen LogP contribution in [0.2, 0.25) is 0 Å². The summed E-state index contributed by atoms with van der Waals surface area (Å²) in [4.78, 5) is 4.20. The van der Waals surface area contributed by atoms with Crippen LogP contribution in [0.25, 0.3) is 55.3 Å². The number of hydrogen-bond donors (Lipinski definition) is 0. The Kier molecular flexibility index (Phi) is 7.24. The minimum Gasteiger partial charge on any atom is -0.308 e. The monoisotopic (exact) mass is 600 g/mol. The summed E-state index contributed by atoms with van der Waals surface area (Å²) < 4.78 is 2.21. The molecule has 0 fully saturated rings. The number of aryl methyl sites for hydroxylation is 1. The number of rotatable bonds is 4. The minimum absolute atomic E-state index is 0.396. The van der Waals surface area contributed by atoms with Gasteiger partial charge < -0.3 is 4.57 Å². The average Bonchev–Trinajstić information content (AvgIpc) is 3.46. The highest BCUT2D eigenvalue weighted by molar-refractivity contribution is 6.19. The van der Waals surface area contributed by atoms with Gasteiger partial charge >= 0.3 is 0 Å². The van der Waals surface area contributed by atoms with Gasteiger partial charge in [0.1, 0.15) is 0 Å². The molecule has 0 unspecified atom stereocenters. The fraction of sp³-hybridized carbons (Fsp3) is 0.0488. The highest BCUT2D eigenvalue weighted by atomic mass is 15.0. The zero-order valence-electron chi connectivity index (χ0n) is 25.4. The van der Waals surface area contributed by atoms with Gasteiger partial charge in [0.2, 0.25) is 0 Å². The summed E-state index contributed by atoms with van der Waals surface area (Å²) in [6.45, 7) is 1.98. The van der Waals surface area contributed by atoms with Crippen LogP contribution in [0.3, 0.4) is 0 Å². The third-order valence-corrected chi connectivity index (χ3v) is 8.49. The predicted molar refractivity (Wildman–Crippen MR) is 184 cm³/mol. The van der Waals surface area contributed by atoms with E-state index in [0.717, 1.165) is 72.0 Å². The molecule has 0 radical (unpaired) electrons. The Hall–Kier alpha value is -6.99. The van der Waals surface area contributed by atoms with E-state index in [-0.39, 0.29) is 0 Å². The van der Waals surface area contributed by atoms with Crippen LogP contribution in [-0.2, 0) is 0 Å². The number of fused-ring (bicyclic) bond motifs is 3. The zero-order valence-corrected chi connectivity index (χ0v) is 25.4. The molecule has 6 heteroatoms. The fourth-order valence-corrected chi connectivity index (χ4v) is 6.53. The smallest absolute Gasteiger partial charge is 0.0992 e.